The summed E-state index contributed by atoms with van der Waals surface area (Å²) in [5.74, 6) is 0. The van der Waals surface area contributed by atoms with Gasteiger partial charge in [-0.05, 0) is 52.2 Å². The molecule has 1 aromatic rings. The third kappa shape index (κ3) is 3.44. The number of rotatable bonds is 2. The lowest BCUT2D eigenvalue weighted by atomic mass is 9.96. The van der Waals surface area contributed by atoms with E-state index >= 15 is 0 Å². The van der Waals surface area contributed by atoms with E-state index in [-0.39, 0.29) is 5.54 Å². The summed E-state index contributed by atoms with van der Waals surface area (Å²) in [6, 6.07) is 8.58. The van der Waals surface area contributed by atoms with Crippen molar-refractivity contribution in [2.24, 2.45) is 4.99 Å². The van der Waals surface area contributed by atoms with Gasteiger partial charge in [-0.1, -0.05) is 42.0 Å². The lowest BCUT2D eigenvalue weighted by molar-refractivity contribution is 0.584. The molecule has 0 atom stereocenters. The van der Waals surface area contributed by atoms with E-state index in [4.69, 9.17) is 4.99 Å². The molecule has 0 aliphatic heterocycles. The summed E-state index contributed by atoms with van der Waals surface area (Å²) in [5.41, 5.74) is 6.42. The second-order valence-electron chi connectivity index (χ2n) is 6.24. The Balaban J connectivity index is 2.43. The molecule has 1 aliphatic rings. The van der Waals surface area contributed by atoms with Crippen LogP contribution in [-0.2, 0) is 0 Å². The van der Waals surface area contributed by atoms with Crippen molar-refractivity contribution in [1.82, 2.24) is 0 Å². The average molecular weight is 253 g/mol. The van der Waals surface area contributed by atoms with E-state index < -0.39 is 0 Å². The van der Waals surface area contributed by atoms with Gasteiger partial charge in [0.15, 0.2) is 0 Å². The highest BCUT2D eigenvalue weighted by molar-refractivity contribution is 6.03. The Kier molecular flexibility index (Phi) is 3.75. The molecule has 0 bridgehead atoms. The number of aliphatic imine (C=N–C) groups is 1. The predicted molar refractivity (Wildman–Crippen MR) is 84.8 cm³/mol. The van der Waals surface area contributed by atoms with E-state index in [1.165, 1.54) is 22.3 Å². The average Bonchev–Trinajstić information content (AvgIpc) is 2.73. The van der Waals surface area contributed by atoms with E-state index in [1.807, 2.05) is 0 Å². The Labute approximate surface area is 116 Å². The zero-order valence-electron chi connectivity index (χ0n) is 12.6. The summed E-state index contributed by atoms with van der Waals surface area (Å²) >= 11 is 0. The zero-order chi connectivity index (χ0) is 14.0. The molecular weight excluding hydrogens is 230 g/mol. The van der Waals surface area contributed by atoms with Gasteiger partial charge >= 0.3 is 0 Å². The Morgan fingerprint density at radius 1 is 1.16 bits per heavy atom. The molecule has 1 heteroatoms. The summed E-state index contributed by atoms with van der Waals surface area (Å²) in [7, 11) is 0. The SMILES string of the molecule is CC1=CCC(c2ccccc2/C(C)=N/C(C)(C)C)=C1. The Morgan fingerprint density at radius 3 is 2.42 bits per heavy atom. The van der Waals surface area contributed by atoms with Crippen LogP contribution >= 0.6 is 0 Å². The van der Waals surface area contributed by atoms with Crippen molar-refractivity contribution in [1.29, 1.82) is 0 Å². The molecule has 0 fully saturated rings. The molecule has 0 amide bonds. The second kappa shape index (κ2) is 5.16. The summed E-state index contributed by atoms with van der Waals surface area (Å²) in [4.78, 5) is 4.80. The van der Waals surface area contributed by atoms with Crippen LogP contribution in [0.1, 0.15) is 52.2 Å². The summed E-state index contributed by atoms with van der Waals surface area (Å²) in [5, 5.41) is 0. The van der Waals surface area contributed by atoms with Crippen LogP contribution in [0.3, 0.4) is 0 Å². The van der Waals surface area contributed by atoms with Gasteiger partial charge in [0, 0.05) is 11.3 Å². The van der Waals surface area contributed by atoms with Crippen molar-refractivity contribution in [2.75, 3.05) is 0 Å². The minimum absolute atomic E-state index is 0.0323. The van der Waals surface area contributed by atoms with Gasteiger partial charge in [-0.15, -0.1) is 0 Å². The van der Waals surface area contributed by atoms with Crippen LogP contribution in [-0.4, -0.2) is 11.3 Å². The molecule has 1 aromatic carbocycles. The molecule has 0 saturated heterocycles. The maximum Gasteiger partial charge on any atom is 0.0527 e. The minimum atomic E-state index is -0.0323. The normalized spacial score (nSPS) is 16.4. The van der Waals surface area contributed by atoms with Gasteiger partial charge in [0.25, 0.3) is 0 Å². The lowest BCUT2D eigenvalue weighted by Crippen LogP contribution is -2.14. The van der Waals surface area contributed by atoms with Crippen LogP contribution in [0.5, 0.6) is 0 Å². The zero-order valence-corrected chi connectivity index (χ0v) is 12.6. The van der Waals surface area contributed by atoms with Crippen LogP contribution in [0.15, 0.2) is 47.0 Å². The van der Waals surface area contributed by atoms with Crippen molar-refractivity contribution in [3.05, 3.63) is 53.1 Å². The van der Waals surface area contributed by atoms with Crippen molar-refractivity contribution in [3.8, 4) is 0 Å². The molecule has 1 nitrogen and oxygen atoms in total. The number of benzene rings is 1. The topological polar surface area (TPSA) is 12.4 Å². The second-order valence-corrected chi connectivity index (χ2v) is 6.24. The fourth-order valence-corrected chi connectivity index (χ4v) is 2.49. The first-order valence-electron chi connectivity index (χ1n) is 6.90. The van der Waals surface area contributed by atoms with Gasteiger partial charge in [0.1, 0.15) is 0 Å². The Morgan fingerprint density at radius 2 is 1.84 bits per heavy atom. The van der Waals surface area contributed by atoms with Gasteiger partial charge in [-0.3, -0.25) is 4.99 Å². The molecule has 0 spiro atoms. The first kappa shape index (κ1) is 13.8. The molecule has 0 radical (unpaired) electrons. The predicted octanol–water partition coefficient (Wildman–Crippen LogP) is 5.03. The third-order valence-corrected chi connectivity index (χ3v) is 3.21. The largest absolute Gasteiger partial charge is 0.284 e. The van der Waals surface area contributed by atoms with Crippen LogP contribution in [0.2, 0.25) is 0 Å². The fraction of sp³-hybridized carbons (Fsp3) is 0.389. The fourth-order valence-electron chi connectivity index (χ4n) is 2.49. The summed E-state index contributed by atoms with van der Waals surface area (Å²) in [6.07, 6.45) is 5.59. The number of allylic oxidation sites excluding steroid dienone is 4. The third-order valence-electron chi connectivity index (χ3n) is 3.21. The molecular formula is C18H23N. The number of hydrogen-bond acceptors (Lipinski definition) is 1. The molecule has 0 heterocycles. The van der Waals surface area contributed by atoms with Gasteiger partial charge in [-0.25, -0.2) is 0 Å². The quantitative estimate of drug-likeness (QED) is 0.656. The van der Waals surface area contributed by atoms with Crippen LogP contribution in [0, 0.1) is 0 Å². The molecule has 2 rings (SSSR count). The van der Waals surface area contributed by atoms with E-state index in [0.717, 1.165) is 12.1 Å². The Bertz CT molecular complexity index is 566. The molecule has 100 valence electrons. The summed E-state index contributed by atoms with van der Waals surface area (Å²) < 4.78 is 0. The monoisotopic (exact) mass is 253 g/mol. The van der Waals surface area contributed by atoms with Gasteiger partial charge in [0.2, 0.25) is 0 Å². The maximum absolute atomic E-state index is 4.80. The van der Waals surface area contributed by atoms with Crippen molar-refractivity contribution >= 4 is 11.3 Å². The lowest BCUT2D eigenvalue weighted by Gasteiger charge is -2.16. The highest BCUT2D eigenvalue weighted by atomic mass is 14.8. The molecule has 0 unspecified atom stereocenters. The van der Waals surface area contributed by atoms with E-state index in [2.05, 4.69) is 71.0 Å². The number of hydrogen-bond donors (Lipinski definition) is 0. The first-order chi connectivity index (χ1) is 8.87. The molecule has 0 saturated carbocycles. The standard InChI is InChI=1S/C18H23N/c1-13-10-11-15(12-13)17-9-7-6-8-16(17)14(2)19-18(3,4)5/h6-10,12H,11H2,1-5H3/b19-14+. The van der Waals surface area contributed by atoms with Crippen LogP contribution in [0.25, 0.3) is 5.57 Å². The summed E-state index contributed by atoms with van der Waals surface area (Å²) in [6.45, 7) is 10.7. The highest BCUT2D eigenvalue weighted by Crippen LogP contribution is 2.29. The Hall–Kier alpha value is -1.63. The minimum Gasteiger partial charge on any atom is -0.284 e. The van der Waals surface area contributed by atoms with Gasteiger partial charge in [0.05, 0.1) is 5.54 Å². The van der Waals surface area contributed by atoms with E-state index in [1.54, 1.807) is 0 Å². The smallest absolute Gasteiger partial charge is 0.0527 e. The molecule has 1 aliphatic carbocycles. The van der Waals surface area contributed by atoms with E-state index in [9.17, 15) is 0 Å². The van der Waals surface area contributed by atoms with Gasteiger partial charge in [-0.2, -0.15) is 0 Å². The maximum atomic E-state index is 4.80. The number of nitrogens with zero attached hydrogens (tertiary/aromatic N) is 1. The van der Waals surface area contributed by atoms with Crippen molar-refractivity contribution in [2.45, 2.75) is 46.6 Å². The first-order valence-corrected chi connectivity index (χ1v) is 6.90. The molecule has 0 N–H and O–H groups in total. The highest BCUT2D eigenvalue weighted by Gasteiger charge is 2.14. The van der Waals surface area contributed by atoms with Gasteiger partial charge < -0.3 is 0 Å². The van der Waals surface area contributed by atoms with Crippen LogP contribution in [0.4, 0.5) is 0 Å². The van der Waals surface area contributed by atoms with Crippen molar-refractivity contribution < 1.29 is 0 Å². The van der Waals surface area contributed by atoms with Crippen molar-refractivity contribution in [3.63, 3.8) is 0 Å². The molecule has 0 aromatic heterocycles. The van der Waals surface area contributed by atoms with Crippen LogP contribution < -0.4 is 0 Å². The molecule has 19 heavy (non-hydrogen) atoms. The van der Waals surface area contributed by atoms with E-state index in [0.29, 0.717) is 0 Å².